The van der Waals surface area contributed by atoms with Crippen molar-refractivity contribution in [2.24, 2.45) is 16.2 Å². The van der Waals surface area contributed by atoms with Crippen LogP contribution in [-0.2, 0) is 19.1 Å². The van der Waals surface area contributed by atoms with Gasteiger partial charge in [-0.15, -0.1) is 0 Å². The maximum atomic E-state index is 11.4. The maximum absolute atomic E-state index is 11.4. The van der Waals surface area contributed by atoms with Gasteiger partial charge in [-0.1, -0.05) is 26.8 Å². The van der Waals surface area contributed by atoms with Crippen molar-refractivity contribution in [2.45, 2.75) is 66.7 Å². The van der Waals surface area contributed by atoms with Crippen LogP contribution in [0.15, 0.2) is 24.3 Å². The Hall–Kier alpha value is -3.10. The van der Waals surface area contributed by atoms with Gasteiger partial charge in [0.05, 0.1) is 62.8 Å². The summed E-state index contributed by atoms with van der Waals surface area (Å²) in [5.74, 6) is -2.72. The summed E-state index contributed by atoms with van der Waals surface area (Å²) in [4.78, 5) is 42.6. The fourth-order valence-electron chi connectivity index (χ4n) is 2.64. The first kappa shape index (κ1) is 42.0. The van der Waals surface area contributed by atoms with Crippen molar-refractivity contribution in [1.82, 2.24) is 0 Å². The monoisotopic (exact) mass is 618 g/mol. The van der Waals surface area contributed by atoms with Gasteiger partial charge in [0.1, 0.15) is 0 Å². The maximum Gasteiger partial charge on any atom is 0.335 e. The van der Waals surface area contributed by atoms with E-state index in [-0.39, 0.29) is 56.7 Å². The van der Waals surface area contributed by atoms with Gasteiger partial charge in [-0.25, -0.2) is 9.59 Å². The first-order chi connectivity index (χ1) is 20.0. The summed E-state index contributed by atoms with van der Waals surface area (Å²) in [6.45, 7) is 8.68. The molecule has 1 fully saturated rings. The highest BCUT2D eigenvalue weighted by molar-refractivity contribution is 5.93. The van der Waals surface area contributed by atoms with Gasteiger partial charge in [0, 0.05) is 17.3 Å². The van der Waals surface area contributed by atoms with Crippen molar-refractivity contribution in [2.75, 3.05) is 46.2 Å². The molecule has 0 unspecified atom stereocenters. The van der Waals surface area contributed by atoms with Gasteiger partial charge < -0.3 is 45.2 Å². The van der Waals surface area contributed by atoms with Crippen LogP contribution in [0, 0.1) is 16.2 Å². The zero-order valence-electron chi connectivity index (χ0n) is 25.9. The number of hydrogen-bond donors (Lipinski definition) is 7. The van der Waals surface area contributed by atoms with Gasteiger partial charge in [0.25, 0.3) is 0 Å². The third kappa shape index (κ3) is 18.2. The van der Waals surface area contributed by atoms with Crippen molar-refractivity contribution >= 4 is 23.9 Å². The van der Waals surface area contributed by atoms with Crippen molar-refractivity contribution < 1.29 is 64.4 Å². The molecule has 43 heavy (non-hydrogen) atoms. The smallest absolute Gasteiger partial charge is 0.335 e. The van der Waals surface area contributed by atoms with Crippen LogP contribution in [0.1, 0.15) is 87.4 Å². The predicted octanol–water partition coefficient (Wildman–Crippen LogP) is 2.11. The molecule has 0 bridgehead atoms. The van der Waals surface area contributed by atoms with Gasteiger partial charge in [-0.05, 0) is 57.7 Å². The molecule has 13 nitrogen and oxygen atoms in total. The summed E-state index contributed by atoms with van der Waals surface area (Å²) in [6, 6.07) is 5.20. The third-order valence-electron chi connectivity index (χ3n) is 6.37. The van der Waals surface area contributed by atoms with E-state index in [9.17, 15) is 19.2 Å². The molecule has 0 atom stereocenters. The minimum Gasteiger partial charge on any atom is -0.478 e. The summed E-state index contributed by atoms with van der Waals surface area (Å²) in [5.41, 5.74) is -2.00. The van der Waals surface area contributed by atoms with E-state index in [0.29, 0.717) is 19.4 Å². The number of benzene rings is 1. The quantitative estimate of drug-likeness (QED) is 0.177. The lowest BCUT2D eigenvalue weighted by Crippen LogP contribution is -2.34. The summed E-state index contributed by atoms with van der Waals surface area (Å²) < 4.78 is 9.76. The number of cyclic esters (lactones) is 1. The van der Waals surface area contributed by atoms with E-state index < -0.39 is 34.2 Å². The largest absolute Gasteiger partial charge is 0.478 e. The molecule has 1 aromatic rings. The second kappa shape index (κ2) is 21.6. The molecule has 13 heteroatoms. The fraction of sp³-hybridized carbons (Fsp3) is 0.667. The molecule has 0 aromatic heterocycles. The van der Waals surface area contributed by atoms with E-state index >= 15 is 0 Å². The zero-order valence-corrected chi connectivity index (χ0v) is 25.9. The third-order valence-corrected chi connectivity index (χ3v) is 6.37. The molecule has 0 aliphatic carbocycles. The molecule has 1 saturated heterocycles. The van der Waals surface area contributed by atoms with Crippen LogP contribution in [0.25, 0.3) is 0 Å². The molecule has 7 N–H and O–H groups in total. The molecule has 0 saturated carbocycles. The molecular formula is C30H50O13. The average molecular weight is 619 g/mol. The van der Waals surface area contributed by atoms with Crippen LogP contribution < -0.4 is 0 Å². The van der Waals surface area contributed by atoms with Crippen LogP contribution >= 0.6 is 0 Å². The van der Waals surface area contributed by atoms with E-state index in [4.69, 9.17) is 45.2 Å². The number of carboxylic acid groups (broad SMARTS) is 2. The Morgan fingerprint density at radius 3 is 1.70 bits per heavy atom. The average Bonchev–Trinajstić information content (AvgIpc) is 3.25. The standard InChI is InChI=1S/C10H20O4.C8H6O4.C6H14O3.C6H10O2/c1-9(2,5-11)7-14-8(13)10(3,4)6-12;9-7(10)5-2-1-3-6(4-5)8(11)12;1-2-6(3-7,4-8)5-9;7-6-4-2-1-3-5-8-6/h11-12H,5-7H2,1-4H3;1-4H,(H,9,10)(H,11,12);7-9H,2-5H2,1H3;1-5H2. The molecule has 1 aliphatic rings. The van der Waals surface area contributed by atoms with Gasteiger partial charge in [-0.3, -0.25) is 9.59 Å². The molecule has 2 rings (SSSR count). The van der Waals surface area contributed by atoms with Crippen LogP contribution in [0.3, 0.4) is 0 Å². The number of hydrogen-bond acceptors (Lipinski definition) is 11. The number of esters is 2. The van der Waals surface area contributed by atoms with Gasteiger partial charge >= 0.3 is 23.9 Å². The van der Waals surface area contributed by atoms with Gasteiger partial charge in [0.2, 0.25) is 0 Å². The fourth-order valence-corrected chi connectivity index (χ4v) is 2.64. The topological polar surface area (TPSA) is 228 Å². The highest BCUT2D eigenvalue weighted by atomic mass is 16.5. The number of carbonyl (C=O) groups excluding carboxylic acids is 2. The molecule has 1 aromatic carbocycles. The van der Waals surface area contributed by atoms with Crippen molar-refractivity contribution in [3.8, 4) is 0 Å². The Morgan fingerprint density at radius 1 is 0.814 bits per heavy atom. The molecule has 0 amide bonds. The normalized spacial score (nSPS) is 13.3. The van der Waals surface area contributed by atoms with Crippen LogP contribution in [0.2, 0.25) is 0 Å². The second-order valence-corrected chi connectivity index (χ2v) is 11.5. The number of rotatable bonds is 11. The Morgan fingerprint density at radius 2 is 1.33 bits per heavy atom. The van der Waals surface area contributed by atoms with E-state index in [0.717, 1.165) is 25.3 Å². The van der Waals surface area contributed by atoms with Crippen molar-refractivity contribution in [3.05, 3.63) is 35.4 Å². The van der Waals surface area contributed by atoms with Crippen LogP contribution in [-0.4, -0.2) is 106 Å². The van der Waals surface area contributed by atoms with E-state index in [1.54, 1.807) is 27.7 Å². The number of aromatic carboxylic acids is 2. The highest BCUT2D eigenvalue weighted by Crippen LogP contribution is 2.20. The Bertz CT molecular complexity index is 912. The molecule has 0 radical (unpaired) electrons. The minimum absolute atomic E-state index is 0.0186. The van der Waals surface area contributed by atoms with Crippen LogP contribution in [0.4, 0.5) is 0 Å². The van der Waals surface area contributed by atoms with Crippen molar-refractivity contribution in [3.63, 3.8) is 0 Å². The predicted molar refractivity (Wildman–Crippen MR) is 156 cm³/mol. The summed E-state index contributed by atoms with van der Waals surface area (Å²) in [6.07, 6.45) is 4.42. The number of aliphatic hydroxyl groups is 5. The number of carboxylic acids is 2. The molecule has 1 heterocycles. The van der Waals surface area contributed by atoms with Crippen LogP contribution in [0.5, 0.6) is 0 Å². The molecule has 0 spiro atoms. The number of carbonyl (C=O) groups is 4. The first-order valence-corrected chi connectivity index (χ1v) is 13.9. The lowest BCUT2D eigenvalue weighted by Gasteiger charge is -2.25. The van der Waals surface area contributed by atoms with E-state index in [1.165, 1.54) is 18.2 Å². The zero-order chi connectivity index (χ0) is 33.7. The lowest BCUT2D eigenvalue weighted by molar-refractivity contribution is -0.160. The Labute approximate surface area is 253 Å². The number of aliphatic hydroxyl groups excluding tert-OH is 5. The van der Waals surface area contributed by atoms with Gasteiger partial charge in [0.15, 0.2) is 0 Å². The molecule has 1 aliphatic heterocycles. The summed E-state index contributed by atoms with van der Waals surface area (Å²) in [7, 11) is 0. The van der Waals surface area contributed by atoms with E-state index in [1.807, 2.05) is 6.92 Å². The molecular weight excluding hydrogens is 568 g/mol. The first-order valence-electron chi connectivity index (χ1n) is 13.9. The minimum atomic E-state index is -1.13. The molecule has 248 valence electrons. The van der Waals surface area contributed by atoms with Crippen molar-refractivity contribution in [1.29, 1.82) is 0 Å². The Balaban J connectivity index is 0. The number of ether oxygens (including phenoxy) is 2. The van der Waals surface area contributed by atoms with E-state index in [2.05, 4.69) is 0 Å². The Kier molecular flexibility index (Phi) is 21.1. The summed E-state index contributed by atoms with van der Waals surface area (Å²) in [5, 5.41) is 60.8. The second-order valence-electron chi connectivity index (χ2n) is 11.5. The lowest BCUT2D eigenvalue weighted by atomic mass is 9.88. The highest BCUT2D eigenvalue weighted by Gasteiger charge is 2.30. The SMILES string of the molecule is CC(C)(CO)COC(=O)C(C)(C)CO.CCC(CO)(CO)CO.O=C(O)c1cccc(C(=O)O)c1.O=C1CCCCCO1. The summed E-state index contributed by atoms with van der Waals surface area (Å²) >= 11 is 0. The van der Waals surface area contributed by atoms with Gasteiger partial charge in [-0.2, -0.15) is 0 Å².